The van der Waals surface area contributed by atoms with Crippen molar-refractivity contribution in [3.63, 3.8) is 0 Å². The van der Waals surface area contributed by atoms with Gasteiger partial charge in [-0.1, -0.05) is 12.1 Å². The van der Waals surface area contributed by atoms with E-state index in [0.717, 1.165) is 6.07 Å². The second-order valence-corrected chi connectivity index (χ2v) is 12.9. The van der Waals surface area contributed by atoms with Crippen molar-refractivity contribution < 1.29 is 43.6 Å². The lowest BCUT2D eigenvalue weighted by Crippen LogP contribution is -2.15. The maximum atomic E-state index is 12.3. The molecule has 0 atom stereocenters. The van der Waals surface area contributed by atoms with Gasteiger partial charge in [0.1, 0.15) is 5.75 Å². The number of nitrogens with zero attached hydrogens (tertiary/aromatic N) is 3. The van der Waals surface area contributed by atoms with Crippen molar-refractivity contribution in [1.82, 2.24) is 15.0 Å². The predicted octanol–water partition coefficient (Wildman–Crippen LogP) is 2.71. The fourth-order valence-corrected chi connectivity index (χ4v) is 5.64. The highest BCUT2D eigenvalue weighted by molar-refractivity contribution is 7.91. The first kappa shape index (κ1) is 29.3. The summed E-state index contributed by atoms with van der Waals surface area (Å²) in [5, 5.41) is 16.1. The lowest BCUT2D eigenvalue weighted by Gasteiger charge is -2.13. The van der Waals surface area contributed by atoms with Crippen LogP contribution in [-0.2, 0) is 34.5 Å². The molecule has 0 fully saturated rings. The lowest BCUT2D eigenvalue weighted by molar-refractivity contribution is 0.284. The highest BCUT2D eigenvalue weighted by Crippen LogP contribution is 2.35. The number of hydrogen-bond acceptors (Lipinski definition) is 13. The molecule has 0 saturated heterocycles. The smallest absolute Gasteiger partial charge is 0.397 e. The Balaban J connectivity index is 1.58. The summed E-state index contributed by atoms with van der Waals surface area (Å²) in [4.78, 5) is 11.4. The van der Waals surface area contributed by atoms with Crippen molar-refractivity contribution in [3.8, 4) is 5.75 Å². The van der Waals surface area contributed by atoms with Gasteiger partial charge in [-0.2, -0.15) is 31.8 Å². The van der Waals surface area contributed by atoms with Crippen LogP contribution < -0.4 is 10.6 Å². The summed E-state index contributed by atoms with van der Waals surface area (Å²) in [6.45, 7) is -0.777. The number of rotatable bonds is 10. The minimum absolute atomic E-state index is 0.0315. The van der Waals surface area contributed by atoms with Gasteiger partial charge in [-0.15, -0.1) is 0 Å². The number of sulfone groups is 1. The van der Waals surface area contributed by atoms with Crippen LogP contribution in [-0.4, -0.2) is 66.8 Å². The third-order valence-corrected chi connectivity index (χ3v) is 8.29. The van der Waals surface area contributed by atoms with Crippen LogP contribution >= 0.6 is 11.6 Å². The summed E-state index contributed by atoms with van der Waals surface area (Å²) in [6.07, 6.45) is 0. The van der Waals surface area contributed by atoms with E-state index >= 15 is 0 Å². The van der Waals surface area contributed by atoms with E-state index in [-0.39, 0.29) is 44.3 Å². The Morgan fingerprint density at radius 2 is 1.48 bits per heavy atom. The quantitative estimate of drug-likeness (QED) is 0.158. The number of hydrogen-bond donors (Lipinski definition) is 5. The topological polar surface area (TPSA) is 235 Å². The van der Waals surface area contributed by atoms with Crippen molar-refractivity contribution in [3.05, 3.63) is 59.9 Å². The summed E-state index contributed by atoms with van der Waals surface area (Å²) in [5.74, 6) is -1.17. The average Bonchev–Trinajstić information content (AvgIpc) is 2.82. The Bertz CT molecular complexity index is 1920. The zero-order valence-electron chi connectivity index (χ0n) is 19.8. The maximum absolute atomic E-state index is 12.3. The highest BCUT2D eigenvalue weighted by Gasteiger charge is 2.18. The molecule has 0 radical (unpaired) electrons. The molecule has 1 aromatic heterocycles. The molecule has 4 aromatic rings. The Morgan fingerprint density at radius 1 is 0.825 bits per heavy atom. The maximum Gasteiger partial charge on any atom is 0.397 e. The van der Waals surface area contributed by atoms with Crippen molar-refractivity contribution in [2.75, 3.05) is 23.0 Å². The molecule has 0 aliphatic heterocycles. The van der Waals surface area contributed by atoms with Gasteiger partial charge in [-0.05, 0) is 59.5 Å². The molecule has 212 valence electrons. The fourth-order valence-electron chi connectivity index (χ4n) is 3.45. The molecule has 40 heavy (non-hydrogen) atoms. The van der Waals surface area contributed by atoms with Crippen molar-refractivity contribution in [1.29, 1.82) is 0 Å². The van der Waals surface area contributed by atoms with E-state index in [9.17, 15) is 34.9 Å². The van der Waals surface area contributed by atoms with Gasteiger partial charge in [0, 0.05) is 11.1 Å². The number of benzene rings is 3. The number of nitrogens with one attached hydrogen (secondary N) is 2. The monoisotopic (exact) mass is 631 g/mol. The molecule has 5 N–H and O–H groups in total. The molecular formula is C21H18ClN5O10S3. The summed E-state index contributed by atoms with van der Waals surface area (Å²) >= 11 is 6.02. The Kier molecular flexibility index (Phi) is 8.13. The molecule has 19 heteroatoms. The number of phenols is 1. The molecule has 0 aliphatic rings. The fraction of sp³-hybridized carbons (Fsp3) is 0.0952. The summed E-state index contributed by atoms with van der Waals surface area (Å²) in [5.41, 5.74) is 0.349. The summed E-state index contributed by atoms with van der Waals surface area (Å²) in [7, 11) is -13.3. The average molecular weight is 632 g/mol. The van der Waals surface area contributed by atoms with Crippen LogP contribution in [0.15, 0.2) is 64.4 Å². The minimum Gasteiger partial charge on any atom is -0.507 e. The summed E-state index contributed by atoms with van der Waals surface area (Å²) < 4.78 is 91.6. The van der Waals surface area contributed by atoms with E-state index in [4.69, 9.17) is 16.2 Å². The third-order valence-electron chi connectivity index (χ3n) is 5.13. The first-order valence-corrected chi connectivity index (χ1v) is 15.6. The molecule has 0 unspecified atom stereocenters. The molecule has 3 aromatic carbocycles. The van der Waals surface area contributed by atoms with E-state index in [1.165, 1.54) is 48.5 Å². The van der Waals surface area contributed by atoms with Gasteiger partial charge in [-0.25, -0.2) is 12.6 Å². The van der Waals surface area contributed by atoms with E-state index in [0.29, 0.717) is 5.69 Å². The number of anilines is 4. The van der Waals surface area contributed by atoms with Crippen molar-refractivity contribution >= 4 is 76.0 Å². The Hall–Kier alpha value is -3.65. The van der Waals surface area contributed by atoms with Gasteiger partial charge < -0.3 is 15.7 Å². The van der Waals surface area contributed by atoms with Crippen LogP contribution in [0.2, 0.25) is 5.28 Å². The largest absolute Gasteiger partial charge is 0.507 e. The van der Waals surface area contributed by atoms with Gasteiger partial charge in [-0.3, -0.25) is 9.11 Å². The lowest BCUT2D eigenvalue weighted by atomic mass is 10.1. The molecule has 0 amide bonds. The molecule has 1 heterocycles. The van der Waals surface area contributed by atoms with Crippen molar-refractivity contribution in [2.24, 2.45) is 0 Å². The Morgan fingerprint density at radius 3 is 2.10 bits per heavy atom. The number of fused-ring (bicyclic) bond motifs is 1. The van der Waals surface area contributed by atoms with Crippen LogP contribution in [0.25, 0.3) is 10.8 Å². The first-order chi connectivity index (χ1) is 18.6. The summed E-state index contributed by atoms with van der Waals surface area (Å²) in [6, 6.07) is 11.8. The minimum atomic E-state index is -4.78. The third kappa shape index (κ3) is 7.30. The predicted molar refractivity (Wildman–Crippen MR) is 143 cm³/mol. The molecule has 0 saturated carbocycles. The van der Waals surface area contributed by atoms with E-state index in [2.05, 4.69) is 29.8 Å². The second kappa shape index (κ2) is 11.1. The number of phenolic OH excluding ortho intramolecular Hbond substituents is 1. The van der Waals surface area contributed by atoms with Crippen LogP contribution in [0.5, 0.6) is 5.75 Å². The van der Waals surface area contributed by atoms with Crippen LogP contribution in [0.4, 0.5) is 23.3 Å². The standard InChI is InChI=1S/C21H18ClN5O10S3/c22-19-25-20(23-13-4-6-14(7-5-13)38(29,30)9-8-37-40(34,35)36)27-21(26-19)24-16-11-15(39(31,32)33)10-12-2-1-3-17(28)18(12)16/h1-7,10-11,28H,8-9H2,(H,31,32,33)(H,34,35,36)(H2,23,24,25,26,27). The van der Waals surface area contributed by atoms with Gasteiger partial charge in [0.2, 0.25) is 17.2 Å². The first-order valence-electron chi connectivity index (χ1n) is 10.7. The number of aromatic hydroxyl groups is 1. The van der Waals surface area contributed by atoms with Crippen molar-refractivity contribution in [2.45, 2.75) is 9.79 Å². The SMILES string of the molecule is O=S(=O)(O)OCCS(=O)(=O)c1ccc(Nc2nc(Cl)nc(Nc3cc(S(=O)(=O)O)cc4cccc(O)c34)n2)cc1. The Labute approximate surface area is 232 Å². The molecule has 4 rings (SSSR count). The molecular weight excluding hydrogens is 614 g/mol. The number of halogens is 1. The van der Waals surface area contributed by atoms with Crippen LogP contribution in [0.3, 0.4) is 0 Å². The highest BCUT2D eigenvalue weighted by atomic mass is 35.5. The van der Waals surface area contributed by atoms with Gasteiger partial charge >= 0.3 is 10.4 Å². The number of aromatic nitrogens is 3. The zero-order chi connectivity index (χ0) is 29.3. The zero-order valence-corrected chi connectivity index (χ0v) is 23.0. The normalized spacial score (nSPS) is 12.4. The van der Waals surface area contributed by atoms with Crippen LogP contribution in [0.1, 0.15) is 0 Å². The van der Waals surface area contributed by atoms with Gasteiger partial charge in [0.15, 0.2) is 9.84 Å². The molecule has 0 spiro atoms. The van der Waals surface area contributed by atoms with Gasteiger partial charge in [0.05, 0.1) is 27.8 Å². The molecule has 0 bridgehead atoms. The van der Waals surface area contributed by atoms with E-state index in [1.54, 1.807) is 0 Å². The molecule has 15 nitrogen and oxygen atoms in total. The van der Waals surface area contributed by atoms with E-state index in [1.807, 2.05) is 0 Å². The molecule has 0 aliphatic carbocycles. The van der Waals surface area contributed by atoms with Gasteiger partial charge in [0.25, 0.3) is 10.1 Å². The van der Waals surface area contributed by atoms with E-state index < -0.39 is 47.6 Å². The van der Waals surface area contributed by atoms with Crippen LogP contribution in [0, 0.1) is 0 Å². The second-order valence-electron chi connectivity index (χ2n) is 7.92.